The molecule has 0 aliphatic heterocycles. The van der Waals surface area contributed by atoms with Gasteiger partial charge in [-0.3, -0.25) is 0 Å². The molecule has 0 unspecified atom stereocenters. The van der Waals surface area contributed by atoms with Crippen LogP contribution in [0.15, 0.2) is 35.1 Å². The number of hydrogen-bond acceptors (Lipinski definition) is 4. The fraction of sp³-hybridized carbons (Fsp3) is 0.250. The van der Waals surface area contributed by atoms with Crippen LogP contribution in [-0.2, 0) is 6.54 Å². The van der Waals surface area contributed by atoms with Gasteiger partial charge in [-0.25, -0.2) is 4.98 Å². The normalized spacial score (nSPS) is 10.5. The second kappa shape index (κ2) is 5.10. The molecule has 0 amide bonds. The lowest BCUT2D eigenvalue weighted by Gasteiger charge is -2.22. The molecule has 0 aliphatic carbocycles. The fourth-order valence-corrected chi connectivity index (χ4v) is 1.81. The molecular formula is C12H14ClN3O. The SMILES string of the molecule is CCN(Cc1ccco1)c1ncc(Cl)cc1N. The topological polar surface area (TPSA) is 55.3 Å². The van der Waals surface area contributed by atoms with Crippen molar-refractivity contribution in [1.82, 2.24) is 4.98 Å². The molecular weight excluding hydrogens is 238 g/mol. The van der Waals surface area contributed by atoms with E-state index in [9.17, 15) is 0 Å². The maximum absolute atomic E-state index is 5.91. The predicted molar refractivity (Wildman–Crippen MR) is 69.1 cm³/mol. The lowest BCUT2D eigenvalue weighted by atomic mass is 10.3. The first-order valence-electron chi connectivity index (χ1n) is 5.39. The number of pyridine rings is 1. The molecule has 0 spiro atoms. The second-order valence-electron chi connectivity index (χ2n) is 3.66. The molecule has 0 saturated carbocycles. The molecule has 0 aromatic carbocycles. The molecule has 2 aromatic heterocycles. The zero-order valence-corrected chi connectivity index (χ0v) is 10.3. The van der Waals surface area contributed by atoms with Gasteiger partial charge in [0.25, 0.3) is 0 Å². The summed E-state index contributed by atoms with van der Waals surface area (Å²) < 4.78 is 5.31. The molecule has 4 nitrogen and oxygen atoms in total. The van der Waals surface area contributed by atoms with Crippen molar-refractivity contribution in [2.45, 2.75) is 13.5 Å². The van der Waals surface area contributed by atoms with Crippen LogP contribution in [0.1, 0.15) is 12.7 Å². The van der Waals surface area contributed by atoms with E-state index in [-0.39, 0.29) is 0 Å². The van der Waals surface area contributed by atoms with Crippen LogP contribution in [0.2, 0.25) is 5.02 Å². The summed E-state index contributed by atoms with van der Waals surface area (Å²) in [6.07, 6.45) is 3.25. The maximum Gasteiger partial charge on any atom is 0.152 e. The highest BCUT2D eigenvalue weighted by Crippen LogP contribution is 2.24. The fourth-order valence-electron chi connectivity index (χ4n) is 1.64. The van der Waals surface area contributed by atoms with E-state index in [1.54, 1.807) is 18.5 Å². The third kappa shape index (κ3) is 2.71. The molecule has 2 rings (SSSR count). The number of aromatic nitrogens is 1. The van der Waals surface area contributed by atoms with Gasteiger partial charge in [-0.15, -0.1) is 0 Å². The Bertz CT molecular complexity index is 485. The summed E-state index contributed by atoms with van der Waals surface area (Å²) in [5.41, 5.74) is 6.48. The molecule has 0 saturated heterocycles. The summed E-state index contributed by atoms with van der Waals surface area (Å²) in [7, 11) is 0. The molecule has 2 N–H and O–H groups in total. The van der Waals surface area contributed by atoms with Crippen molar-refractivity contribution in [2.24, 2.45) is 0 Å². The van der Waals surface area contributed by atoms with Crippen LogP contribution < -0.4 is 10.6 Å². The van der Waals surface area contributed by atoms with Crippen LogP contribution in [0.5, 0.6) is 0 Å². The second-order valence-corrected chi connectivity index (χ2v) is 4.10. The zero-order valence-electron chi connectivity index (χ0n) is 9.56. The Hall–Kier alpha value is -1.68. The lowest BCUT2D eigenvalue weighted by Crippen LogP contribution is -2.23. The summed E-state index contributed by atoms with van der Waals surface area (Å²) in [6, 6.07) is 5.49. The first kappa shape index (κ1) is 11.8. The van der Waals surface area contributed by atoms with Gasteiger partial charge in [0.2, 0.25) is 0 Å². The Balaban J connectivity index is 2.23. The van der Waals surface area contributed by atoms with Gasteiger partial charge in [-0.1, -0.05) is 11.6 Å². The van der Waals surface area contributed by atoms with Crippen molar-refractivity contribution in [3.63, 3.8) is 0 Å². The Morgan fingerprint density at radius 3 is 2.94 bits per heavy atom. The summed E-state index contributed by atoms with van der Waals surface area (Å²) in [4.78, 5) is 6.29. The van der Waals surface area contributed by atoms with Crippen LogP contribution >= 0.6 is 11.6 Å². The van der Waals surface area contributed by atoms with Gasteiger partial charge < -0.3 is 15.1 Å². The first-order chi connectivity index (χ1) is 8.20. The Morgan fingerprint density at radius 1 is 1.53 bits per heavy atom. The summed E-state index contributed by atoms with van der Waals surface area (Å²) in [6.45, 7) is 3.47. The first-order valence-corrected chi connectivity index (χ1v) is 5.77. The number of rotatable bonds is 4. The zero-order chi connectivity index (χ0) is 12.3. The van der Waals surface area contributed by atoms with Gasteiger partial charge in [-0.05, 0) is 25.1 Å². The highest BCUT2D eigenvalue weighted by atomic mass is 35.5. The van der Waals surface area contributed by atoms with Crippen LogP contribution in [0.25, 0.3) is 0 Å². The number of nitrogen functional groups attached to an aromatic ring is 1. The molecule has 0 aliphatic rings. The van der Waals surface area contributed by atoms with Crippen LogP contribution in [0.4, 0.5) is 11.5 Å². The Labute approximate surface area is 105 Å². The van der Waals surface area contributed by atoms with Gasteiger partial charge in [0.1, 0.15) is 5.76 Å². The van der Waals surface area contributed by atoms with E-state index in [1.165, 1.54) is 0 Å². The van der Waals surface area contributed by atoms with E-state index in [0.717, 1.165) is 18.1 Å². The van der Waals surface area contributed by atoms with Gasteiger partial charge >= 0.3 is 0 Å². The molecule has 0 radical (unpaired) electrons. The van der Waals surface area contributed by atoms with Gasteiger partial charge in [0.15, 0.2) is 5.82 Å². The monoisotopic (exact) mass is 251 g/mol. The largest absolute Gasteiger partial charge is 0.467 e. The molecule has 0 atom stereocenters. The van der Waals surface area contributed by atoms with Gasteiger partial charge in [0.05, 0.1) is 23.5 Å². The minimum absolute atomic E-state index is 0.542. The van der Waals surface area contributed by atoms with E-state index < -0.39 is 0 Å². The van der Waals surface area contributed by atoms with E-state index in [0.29, 0.717) is 17.3 Å². The third-order valence-electron chi connectivity index (χ3n) is 2.47. The average Bonchev–Trinajstić information content (AvgIpc) is 2.79. The quantitative estimate of drug-likeness (QED) is 0.908. The van der Waals surface area contributed by atoms with Gasteiger partial charge in [0, 0.05) is 12.7 Å². The standard InChI is InChI=1S/C12H14ClN3O/c1-2-16(8-10-4-3-5-17-10)12-11(14)6-9(13)7-15-12/h3-7H,2,8,14H2,1H3. The summed E-state index contributed by atoms with van der Waals surface area (Å²) in [5.74, 6) is 1.61. The van der Waals surface area contributed by atoms with Crippen molar-refractivity contribution in [3.8, 4) is 0 Å². The highest BCUT2D eigenvalue weighted by molar-refractivity contribution is 6.30. The van der Waals surface area contributed by atoms with Gasteiger partial charge in [-0.2, -0.15) is 0 Å². The Kier molecular flexibility index (Phi) is 3.54. The number of anilines is 2. The van der Waals surface area contributed by atoms with Crippen molar-refractivity contribution in [2.75, 3.05) is 17.2 Å². The minimum Gasteiger partial charge on any atom is -0.467 e. The Morgan fingerprint density at radius 2 is 2.35 bits per heavy atom. The number of hydrogen-bond donors (Lipinski definition) is 1. The van der Waals surface area contributed by atoms with E-state index in [2.05, 4.69) is 4.98 Å². The smallest absolute Gasteiger partial charge is 0.152 e. The maximum atomic E-state index is 5.91. The molecule has 2 heterocycles. The van der Waals surface area contributed by atoms with Crippen molar-refractivity contribution < 1.29 is 4.42 Å². The lowest BCUT2D eigenvalue weighted by molar-refractivity contribution is 0.503. The van der Waals surface area contributed by atoms with Crippen LogP contribution in [0, 0.1) is 0 Å². The number of nitrogens with zero attached hydrogens (tertiary/aromatic N) is 2. The molecule has 0 bridgehead atoms. The molecule has 5 heteroatoms. The number of nitrogens with two attached hydrogens (primary N) is 1. The predicted octanol–water partition coefficient (Wildman–Crippen LogP) is 2.94. The van der Waals surface area contributed by atoms with Crippen LogP contribution in [-0.4, -0.2) is 11.5 Å². The minimum atomic E-state index is 0.542. The van der Waals surface area contributed by atoms with Crippen molar-refractivity contribution >= 4 is 23.1 Å². The summed E-state index contributed by atoms with van der Waals surface area (Å²) in [5, 5.41) is 0.542. The van der Waals surface area contributed by atoms with E-state index in [1.807, 2.05) is 24.0 Å². The molecule has 0 fully saturated rings. The molecule has 90 valence electrons. The van der Waals surface area contributed by atoms with E-state index >= 15 is 0 Å². The van der Waals surface area contributed by atoms with Crippen molar-refractivity contribution in [3.05, 3.63) is 41.4 Å². The molecule has 2 aromatic rings. The van der Waals surface area contributed by atoms with E-state index in [4.69, 9.17) is 21.8 Å². The average molecular weight is 252 g/mol. The highest BCUT2D eigenvalue weighted by Gasteiger charge is 2.11. The third-order valence-corrected chi connectivity index (χ3v) is 2.68. The molecule has 17 heavy (non-hydrogen) atoms. The number of furan rings is 1. The number of halogens is 1. The summed E-state index contributed by atoms with van der Waals surface area (Å²) >= 11 is 5.83. The van der Waals surface area contributed by atoms with Crippen molar-refractivity contribution in [1.29, 1.82) is 0 Å². The van der Waals surface area contributed by atoms with Crippen LogP contribution in [0.3, 0.4) is 0 Å².